The highest BCUT2D eigenvalue weighted by Crippen LogP contribution is 2.39. The molecule has 2 atom stereocenters. The van der Waals surface area contributed by atoms with Crippen molar-refractivity contribution in [3.05, 3.63) is 59.7 Å². The maximum absolute atomic E-state index is 13.2. The standard InChI is InChI=1S/C23H30N2O4S/c1-6-17-11-13-18(14-12-17)25(30(5,27)28)16(2)22(26)24-20-15-23(3,4)29-21-10-8-7-9-19(20)21/h7-14,16,20H,6,15H2,1-5H3,(H,24,26)/t16-,20-/m0/s1. The number of benzene rings is 2. The second-order valence-corrected chi connectivity index (χ2v) is 10.3. The summed E-state index contributed by atoms with van der Waals surface area (Å²) in [6.07, 6.45) is 2.57. The number of fused-ring (bicyclic) bond motifs is 1. The van der Waals surface area contributed by atoms with Crippen molar-refractivity contribution in [3.63, 3.8) is 0 Å². The number of nitrogens with one attached hydrogen (secondary N) is 1. The van der Waals surface area contributed by atoms with Crippen molar-refractivity contribution >= 4 is 21.6 Å². The number of amides is 1. The number of aryl methyl sites for hydroxylation is 1. The highest BCUT2D eigenvalue weighted by Gasteiger charge is 2.36. The van der Waals surface area contributed by atoms with Gasteiger partial charge in [0.05, 0.1) is 18.0 Å². The molecule has 0 radical (unpaired) electrons. The average Bonchev–Trinajstić information content (AvgIpc) is 2.66. The van der Waals surface area contributed by atoms with E-state index in [-0.39, 0.29) is 11.9 Å². The van der Waals surface area contributed by atoms with Crippen LogP contribution in [-0.2, 0) is 21.2 Å². The maximum atomic E-state index is 13.2. The molecule has 0 saturated heterocycles. The van der Waals surface area contributed by atoms with Crippen LogP contribution in [0, 0.1) is 0 Å². The molecule has 0 spiro atoms. The second kappa shape index (κ2) is 8.30. The van der Waals surface area contributed by atoms with Crippen LogP contribution < -0.4 is 14.4 Å². The second-order valence-electron chi connectivity index (χ2n) is 8.42. The molecule has 0 saturated carbocycles. The van der Waals surface area contributed by atoms with E-state index >= 15 is 0 Å². The lowest BCUT2D eigenvalue weighted by Gasteiger charge is -2.38. The lowest BCUT2D eigenvalue weighted by Crippen LogP contribution is -2.50. The first-order valence-electron chi connectivity index (χ1n) is 10.2. The number of hydrogen-bond donors (Lipinski definition) is 1. The summed E-state index contributed by atoms with van der Waals surface area (Å²) < 4.78 is 32.3. The third-order valence-electron chi connectivity index (χ3n) is 5.38. The van der Waals surface area contributed by atoms with E-state index in [1.807, 2.05) is 57.2 Å². The van der Waals surface area contributed by atoms with Gasteiger partial charge in [-0.05, 0) is 51.0 Å². The molecule has 0 aliphatic carbocycles. The lowest BCUT2D eigenvalue weighted by molar-refractivity contribution is -0.123. The van der Waals surface area contributed by atoms with Gasteiger partial charge in [0.1, 0.15) is 17.4 Å². The van der Waals surface area contributed by atoms with E-state index in [0.717, 1.165) is 29.6 Å². The summed E-state index contributed by atoms with van der Waals surface area (Å²) in [7, 11) is -3.66. The quantitative estimate of drug-likeness (QED) is 0.756. The molecular formula is C23H30N2O4S. The van der Waals surface area contributed by atoms with E-state index < -0.39 is 21.7 Å². The Hall–Kier alpha value is -2.54. The number of hydrogen-bond acceptors (Lipinski definition) is 4. The number of sulfonamides is 1. The summed E-state index contributed by atoms with van der Waals surface area (Å²) in [5, 5.41) is 3.05. The number of carbonyl (C=O) groups excluding carboxylic acids is 1. The molecule has 1 amide bonds. The maximum Gasteiger partial charge on any atom is 0.244 e. The number of para-hydroxylation sites is 1. The average molecular weight is 431 g/mol. The Kier molecular flexibility index (Phi) is 6.13. The van der Waals surface area contributed by atoms with Crippen LogP contribution in [0.25, 0.3) is 0 Å². The van der Waals surface area contributed by atoms with Crippen molar-refractivity contribution in [2.24, 2.45) is 0 Å². The van der Waals surface area contributed by atoms with E-state index in [4.69, 9.17) is 4.74 Å². The Morgan fingerprint density at radius 2 is 1.83 bits per heavy atom. The molecule has 162 valence electrons. The number of nitrogens with zero attached hydrogens (tertiary/aromatic N) is 1. The van der Waals surface area contributed by atoms with Crippen molar-refractivity contribution in [2.45, 2.75) is 58.2 Å². The zero-order valence-corrected chi connectivity index (χ0v) is 19.0. The predicted molar refractivity (Wildman–Crippen MR) is 119 cm³/mol. The molecule has 2 aromatic carbocycles. The van der Waals surface area contributed by atoms with E-state index in [1.54, 1.807) is 19.1 Å². The fraction of sp³-hybridized carbons (Fsp3) is 0.435. The Morgan fingerprint density at radius 3 is 2.43 bits per heavy atom. The van der Waals surface area contributed by atoms with Gasteiger partial charge in [-0.2, -0.15) is 0 Å². The van der Waals surface area contributed by atoms with Crippen LogP contribution in [-0.4, -0.2) is 32.2 Å². The van der Waals surface area contributed by atoms with Gasteiger partial charge in [-0.25, -0.2) is 8.42 Å². The minimum Gasteiger partial charge on any atom is -0.487 e. The van der Waals surface area contributed by atoms with Gasteiger partial charge in [0.15, 0.2) is 0 Å². The van der Waals surface area contributed by atoms with Gasteiger partial charge in [-0.1, -0.05) is 37.3 Å². The van der Waals surface area contributed by atoms with Gasteiger partial charge in [0.25, 0.3) is 0 Å². The number of rotatable bonds is 6. The van der Waals surface area contributed by atoms with Crippen LogP contribution in [0.3, 0.4) is 0 Å². The van der Waals surface area contributed by atoms with Gasteiger partial charge >= 0.3 is 0 Å². The van der Waals surface area contributed by atoms with Crippen molar-refractivity contribution in [3.8, 4) is 5.75 Å². The summed E-state index contributed by atoms with van der Waals surface area (Å²) in [5.74, 6) is 0.388. The summed E-state index contributed by atoms with van der Waals surface area (Å²) in [6.45, 7) is 7.60. The molecule has 0 fully saturated rings. The van der Waals surface area contributed by atoms with E-state index in [0.29, 0.717) is 12.1 Å². The third-order valence-corrected chi connectivity index (χ3v) is 6.62. The van der Waals surface area contributed by atoms with Gasteiger partial charge in [-0.15, -0.1) is 0 Å². The van der Waals surface area contributed by atoms with Crippen LogP contribution in [0.4, 0.5) is 5.69 Å². The van der Waals surface area contributed by atoms with Crippen LogP contribution in [0.15, 0.2) is 48.5 Å². The normalized spacial score (nSPS) is 18.6. The fourth-order valence-corrected chi connectivity index (χ4v) is 5.09. The largest absolute Gasteiger partial charge is 0.487 e. The molecule has 0 unspecified atom stereocenters. The minimum atomic E-state index is -3.66. The lowest BCUT2D eigenvalue weighted by atomic mass is 9.89. The Morgan fingerprint density at radius 1 is 1.20 bits per heavy atom. The van der Waals surface area contributed by atoms with Crippen LogP contribution in [0.2, 0.25) is 0 Å². The molecule has 2 aromatic rings. The summed E-state index contributed by atoms with van der Waals surface area (Å²) in [6, 6.07) is 13.7. The van der Waals surface area contributed by atoms with Crippen molar-refractivity contribution in [1.29, 1.82) is 0 Å². The molecule has 0 bridgehead atoms. The molecule has 30 heavy (non-hydrogen) atoms. The number of ether oxygens (including phenoxy) is 1. The molecular weight excluding hydrogens is 400 g/mol. The van der Waals surface area contributed by atoms with E-state index in [9.17, 15) is 13.2 Å². The Labute approximate surface area is 179 Å². The van der Waals surface area contributed by atoms with Gasteiger partial charge < -0.3 is 10.1 Å². The van der Waals surface area contributed by atoms with Gasteiger partial charge in [0, 0.05) is 12.0 Å². The summed E-state index contributed by atoms with van der Waals surface area (Å²) >= 11 is 0. The van der Waals surface area contributed by atoms with E-state index in [1.165, 1.54) is 4.31 Å². The van der Waals surface area contributed by atoms with Gasteiger partial charge in [0.2, 0.25) is 15.9 Å². The Bertz CT molecular complexity index is 1020. The summed E-state index contributed by atoms with van der Waals surface area (Å²) in [5.41, 5.74) is 2.04. The minimum absolute atomic E-state index is 0.260. The molecule has 0 aromatic heterocycles. The highest BCUT2D eigenvalue weighted by atomic mass is 32.2. The number of carbonyl (C=O) groups is 1. The monoisotopic (exact) mass is 430 g/mol. The SMILES string of the molecule is CCc1ccc(N([C@@H](C)C(=O)N[C@H]2CC(C)(C)Oc3ccccc32)S(C)(=O)=O)cc1. The first-order chi connectivity index (χ1) is 14.0. The zero-order chi connectivity index (χ0) is 22.1. The zero-order valence-electron chi connectivity index (χ0n) is 18.2. The number of anilines is 1. The first kappa shape index (κ1) is 22.2. The molecule has 1 aliphatic heterocycles. The topological polar surface area (TPSA) is 75.7 Å². The molecule has 7 heteroatoms. The highest BCUT2D eigenvalue weighted by molar-refractivity contribution is 7.92. The van der Waals surface area contributed by atoms with Crippen LogP contribution in [0.5, 0.6) is 5.75 Å². The third kappa shape index (κ3) is 4.78. The van der Waals surface area contributed by atoms with Crippen LogP contribution in [0.1, 0.15) is 51.3 Å². The van der Waals surface area contributed by atoms with Crippen molar-refractivity contribution < 1.29 is 17.9 Å². The van der Waals surface area contributed by atoms with Gasteiger partial charge in [-0.3, -0.25) is 9.10 Å². The summed E-state index contributed by atoms with van der Waals surface area (Å²) in [4.78, 5) is 13.2. The van der Waals surface area contributed by atoms with Crippen molar-refractivity contribution in [1.82, 2.24) is 5.32 Å². The van der Waals surface area contributed by atoms with E-state index in [2.05, 4.69) is 5.32 Å². The fourth-order valence-electron chi connectivity index (χ4n) is 3.91. The molecule has 1 aliphatic rings. The van der Waals surface area contributed by atoms with Crippen molar-refractivity contribution in [2.75, 3.05) is 10.6 Å². The molecule has 6 nitrogen and oxygen atoms in total. The van der Waals surface area contributed by atoms with Crippen LogP contribution >= 0.6 is 0 Å². The predicted octanol–water partition coefficient (Wildman–Crippen LogP) is 3.82. The molecule has 1 N–H and O–H groups in total. The first-order valence-corrected chi connectivity index (χ1v) is 12.0. The molecule has 1 heterocycles. The Balaban J connectivity index is 1.87. The smallest absolute Gasteiger partial charge is 0.244 e. The molecule has 3 rings (SSSR count).